The summed E-state index contributed by atoms with van der Waals surface area (Å²) >= 11 is 0. The number of aromatic nitrogens is 5. The Hall–Kier alpha value is -4.02. The van der Waals surface area contributed by atoms with Crippen LogP contribution in [-0.2, 0) is 18.6 Å². The van der Waals surface area contributed by atoms with Crippen molar-refractivity contribution in [2.75, 3.05) is 36.9 Å². The molecule has 1 saturated heterocycles. The molecule has 1 saturated carbocycles. The van der Waals surface area contributed by atoms with Crippen molar-refractivity contribution in [1.29, 1.82) is 0 Å². The van der Waals surface area contributed by atoms with Crippen LogP contribution in [0.3, 0.4) is 0 Å². The molecule has 42 heavy (non-hydrogen) atoms. The van der Waals surface area contributed by atoms with Gasteiger partial charge >= 0.3 is 0 Å². The van der Waals surface area contributed by atoms with Gasteiger partial charge in [-0.3, -0.25) is 4.79 Å². The first kappa shape index (κ1) is 26.9. The Morgan fingerprint density at radius 2 is 1.93 bits per heavy atom. The maximum absolute atomic E-state index is 13.5. The number of benzene rings is 1. The van der Waals surface area contributed by atoms with Gasteiger partial charge in [0.1, 0.15) is 11.0 Å². The fraction of sp³-hybridized carbons (Fsp3) is 0.438. The third-order valence-electron chi connectivity index (χ3n) is 9.77. The zero-order chi connectivity index (χ0) is 29.2. The highest BCUT2D eigenvalue weighted by Crippen LogP contribution is 2.65. The number of anilines is 3. The summed E-state index contributed by atoms with van der Waals surface area (Å²) in [7, 11) is 2.17. The summed E-state index contributed by atoms with van der Waals surface area (Å²) in [6.07, 6.45) is 6.71. The van der Waals surface area contributed by atoms with Crippen LogP contribution in [0.25, 0.3) is 16.9 Å². The van der Waals surface area contributed by atoms with Crippen molar-refractivity contribution in [3.05, 3.63) is 76.9 Å². The average Bonchev–Trinajstić information content (AvgIpc) is 3.68. The number of nitrogens with one attached hydrogen (secondary N) is 1. The molecule has 218 valence electrons. The molecule has 2 aliphatic carbocycles. The molecule has 2 N–H and O–H groups in total. The second kappa shape index (κ2) is 9.78. The molecule has 3 aromatic heterocycles. The molecule has 2 atom stereocenters. The fourth-order valence-corrected chi connectivity index (χ4v) is 6.92. The zero-order valence-electron chi connectivity index (χ0n) is 24.5. The van der Waals surface area contributed by atoms with Crippen LogP contribution in [0.5, 0.6) is 0 Å². The summed E-state index contributed by atoms with van der Waals surface area (Å²) in [4.78, 5) is 32.5. The van der Waals surface area contributed by atoms with Gasteiger partial charge in [-0.2, -0.15) is 4.98 Å². The second-order valence-electron chi connectivity index (χ2n) is 12.2. The van der Waals surface area contributed by atoms with Gasteiger partial charge in [0.25, 0.3) is 5.56 Å². The number of allylic oxidation sites excluding steroid dienone is 1. The lowest BCUT2D eigenvalue weighted by atomic mass is 9.84. The van der Waals surface area contributed by atoms with Crippen molar-refractivity contribution in [2.24, 2.45) is 5.41 Å². The van der Waals surface area contributed by atoms with Gasteiger partial charge in [-0.25, -0.2) is 19.3 Å². The molecule has 1 aromatic carbocycles. The van der Waals surface area contributed by atoms with Gasteiger partial charge < -0.3 is 20.2 Å². The number of fused-ring (bicyclic) bond motifs is 2. The van der Waals surface area contributed by atoms with Gasteiger partial charge in [0, 0.05) is 48.7 Å². The molecule has 0 radical (unpaired) electrons. The molecule has 1 aliphatic heterocycles. The molecule has 4 heterocycles. The first-order valence-corrected chi connectivity index (χ1v) is 14.9. The summed E-state index contributed by atoms with van der Waals surface area (Å²) in [6, 6.07) is 12.8. The third kappa shape index (κ3) is 4.07. The second-order valence-corrected chi connectivity index (χ2v) is 12.2. The first-order chi connectivity index (χ1) is 20.3. The summed E-state index contributed by atoms with van der Waals surface area (Å²) in [5.74, 6) is 0.929. The zero-order valence-corrected chi connectivity index (χ0v) is 24.5. The Balaban J connectivity index is 1.24. The molecular formula is C32H38N8O2. The van der Waals surface area contributed by atoms with E-state index in [4.69, 9.17) is 9.97 Å². The van der Waals surface area contributed by atoms with E-state index in [9.17, 15) is 9.90 Å². The van der Waals surface area contributed by atoms with Gasteiger partial charge in [-0.05, 0) is 75.5 Å². The van der Waals surface area contributed by atoms with E-state index in [1.165, 1.54) is 5.69 Å². The van der Waals surface area contributed by atoms with Gasteiger partial charge in [0.2, 0.25) is 5.95 Å². The molecule has 2 fully saturated rings. The van der Waals surface area contributed by atoms with Crippen molar-refractivity contribution in [3.8, 4) is 5.82 Å². The number of hydrogen-bond acceptors (Lipinski definition) is 8. The Kier molecular flexibility index (Phi) is 6.25. The Morgan fingerprint density at radius 1 is 1.14 bits per heavy atom. The molecule has 10 nitrogen and oxygen atoms in total. The smallest absolute Gasteiger partial charge is 0.278 e. The monoisotopic (exact) mass is 566 g/mol. The highest BCUT2D eigenvalue weighted by molar-refractivity contribution is 5.77. The Bertz CT molecular complexity index is 1740. The topological polar surface area (TPSA) is 104 Å². The van der Waals surface area contributed by atoms with E-state index in [-0.39, 0.29) is 17.5 Å². The van der Waals surface area contributed by atoms with E-state index >= 15 is 0 Å². The molecular weight excluding hydrogens is 528 g/mol. The van der Waals surface area contributed by atoms with Crippen LogP contribution in [0.1, 0.15) is 44.4 Å². The van der Waals surface area contributed by atoms with Gasteiger partial charge in [0.15, 0.2) is 11.5 Å². The lowest BCUT2D eigenvalue weighted by molar-refractivity contribution is -0.0324. The minimum Gasteiger partial charge on any atom is -0.383 e. The van der Waals surface area contributed by atoms with Crippen LogP contribution in [0.2, 0.25) is 0 Å². The molecule has 7 rings (SSSR count). The minimum absolute atomic E-state index is 0.105. The van der Waals surface area contributed by atoms with Crippen molar-refractivity contribution >= 4 is 28.4 Å². The standard InChI is InChI=1S/C32H38N8O2/c1-5-15-39-29(41)25-19-33-30(34-23-8-10-24(11-9-23)38-17-16-37(4)21(3)20-38)36-28(25)40(39)26-12-7-22-18-31(13-14-31)32(42,6-2)27(22)35-26/h5,7-12,19,21,42H,1,6,13-18,20H2,2-4H3,(H,33,34,36)/t21-,32?/m1/s1. The summed E-state index contributed by atoms with van der Waals surface area (Å²) in [5.41, 5.74) is 3.03. The third-order valence-corrected chi connectivity index (χ3v) is 9.77. The molecule has 0 amide bonds. The van der Waals surface area contributed by atoms with Crippen molar-refractivity contribution in [1.82, 2.24) is 29.2 Å². The van der Waals surface area contributed by atoms with Crippen molar-refractivity contribution < 1.29 is 5.11 Å². The summed E-state index contributed by atoms with van der Waals surface area (Å²) in [6.45, 7) is 11.5. The SMILES string of the molecule is C=CCn1c(=O)c2cnc(Nc3ccc(N4CCN(C)[C@H](C)C4)cc3)nc2n1-c1ccc2c(n1)C(O)(CC)C1(CC1)C2. The van der Waals surface area contributed by atoms with Crippen LogP contribution in [0.4, 0.5) is 17.3 Å². The Labute approximate surface area is 245 Å². The molecule has 10 heteroatoms. The maximum atomic E-state index is 13.5. The maximum Gasteiger partial charge on any atom is 0.278 e. The number of rotatable bonds is 7. The summed E-state index contributed by atoms with van der Waals surface area (Å²) in [5, 5.41) is 15.5. The van der Waals surface area contributed by atoms with E-state index < -0.39 is 5.60 Å². The number of aliphatic hydroxyl groups is 1. The summed E-state index contributed by atoms with van der Waals surface area (Å²) < 4.78 is 3.31. The van der Waals surface area contributed by atoms with Crippen LogP contribution in [0.15, 0.2) is 60.0 Å². The molecule has 1 unspecified atom stereocenters. The predicted molar refractivity (Wildman–Crippen MR) is 165 cm³/mol. The minimum atomic E-state index is -0.957. The molecule has 3 aliphatic rings. The van der Waals surface area contributed by atoms with E-state index in [0.717, 1.165) is 55.8 Å². The van der Waals surface area contributed by atoms with Gasteiger partial charge in [0.05, 0.1) is 12.2 Å². The van der Waals surface area contributed by atoms with E-state index in [2.05, 4.69) is 52.8 Å². The average molecular weight is 567 g/mol. The first-order valence-electron chi connectivity index (χ1n) is 14.9. The number of hydrogen-bond donors (Lipinski definition) is 2. The van der Waals surface area contributed by atoms with Crippen molar-refractivity contribution in [2.45, 2.75) is 57.7 Å². The lowest BCUT2D eigenvalue weighted by Crippen LogP contribution is -2.50. The van der Waals surface area contributed by atoms with E-state index in [1.807, 2.05) is 31.2 Å². The van der Waals surface area contributed by atoms with E-state index in [0.29, 0.717) is 35.3 Å². The molecule has 0 bridgehead atoms. The largest absolute Gasteiger partial charge is 0.383 e. The normalized spacial score (nSPS) is 23.0. The van der Waals surface area contributed by atoms with Gasteiger partial charge in [-0.15, -0.1) is 6.58 Å². The molecule has 1 spiro atoms. The number of likely N-dealkylation sites (N-methyl/N-ethyl adjacent to an activating group) is 1. The predicted octanol–water partition coefficient (Wildman–Crippen LogP) is 3.98. The number of piperazine rings is 1. The van der Waals surface area contributed by atoms with Crippen LogP contribution < -0.4 is 15.8 Å². The number of pyridine rings is 1. The van der Waals surface area contributed by atoms with E-state index in [1.54, 1.807) is 21.6 Å². The fourth-order valence-electron chi connectivity index (χ4n) is 6.92. The van der Waals surface area contributed by atoms with Gasteiger partial charge in [-0.1, -0.05) is 19.1 Å². The van der Waals surface area contributed by atoms with Crippen LogP contribution in [-0.4, -0.2) is 67.0 Å². The van der Waals surface area contributed by atoms with Crippen LogP contribution in [0, 0.1) is 5.41 Å². The highest BCUT2D eigenvalue weighted by atomic mass is 16.3. The van der Waals surface area contributed by atoms with Crippen molar-refractivity contribution in [3.63, 3.8) is 0 Å². The lowest BCUT2D eigenvalue weighted by Gasteiger charge is -2.39. The Morgan fingerprint density at radius 3 is 2.62 bits per heavy atom. The number of nitrogens with zero attached hydrogens (tertiary/aromatic N) is 7. The van der Waals surface area contributed by atoms with Crippen LogP contribution >= 0.6 is 0 Å². The highest BCUT2D eigenvalue weighted by Gasteiger charge is 2.63. The quantitative estimate of drug-likeness (QED) is 0.324. The molecule has 4 aromatic rings.